The summed E-state index contributed by atoms with van der Waals surface area (Å²) in [7, 11) is 0. The van der Waals surface area contributed by atoms with E-state index in [4.69, 9.17) is 0 Å². The van der Waals surface area contributed by atoms with Gasteiger partial charge in [-0.1, -0.05) is 26.0 Å². The average Bonchev–Trinajstić information content (AvgIpc) is 2.39. The third-order valence-corrected chi connectivity index (χ3v) is 2.94. The Hall–Kier alpha value is -1.91. The van der Waals surface area contributed by atoms with E-state index in [0.29, 0.717) is 19.6 Å². The van der Waals surface area contributed by atoms with Crippen LogP contribution in [0.25, 0.3) is 0 Å². The van der Waals surface area contributed by atoms with Crippen LogP contribution in [0.15, 0.2) is 24.3 Å². The van der Waals surface area contributed by atoms with E-state index < -0.39 is 0 Å². The minimum atomic E-state index is -0.299. The zero-order valence-corrected chi connectivity index (χ0v) is 12.1. The Balaban J connectivity index is 2.51. The van der Waals surface area contributed by atoms with E-state index in [1.807, 2.05) is 13.8 Å². The molecule has 20 heavy (non-hydrogen) atoms. The Morgan fingerprint density at radius 1 is 1.25 bits per heavy atom. The van der Waals surface area contributed by atoms with Gasteiger partial charge in [0.25, 0.3) is 0 Å². The van der Waals surface area contributed by atoms with Crippen LogP contribution in [0.5, 0.6) is 0 Å². The summed E-state index contributed by atoms with van der Waals surface area (Å²) >= 11 is 0. The molecule has 0 heterocycles. The maximum absolute atomic E-state index is 12.8. The lowest BCUT2D eigenvalue weighted by atomic mass is 10.2. The highest BCUT2D eigenvalue weighted by molar-refractivity contribution is 5.78. The lowest BCUT2D eigenvalue weighted by Crippen LogP contribution is -2.38. The molecule has 110 valence electrons. The van der Waals surface area contributed by atoms with Gasteiger partial charge in [0.15, 0.2) is 0 Å². The van der Waals surface area contributed by atoms with E-state index in [0.717, 1.165) is 5.56 Å². The van der Waals surface area contributed by atoms with Crippen LogP contribution in [0.3, 0.4) is 0 Å². The molecule has 1 aromatic rings. The van der Waals surface area contributed by atoms with Crippen LogP contribution in [0.1, 0.15) is 26.3 Å². The van der Waals surface area contributed by atoms with Crippen molar-refractivity contribution in [3.8, 4) is 0 Å². The number of carbonyl (C=O) groups excluding carboxylic acids is 2. The van der Waals surface area contributed by atoms with Gasteiger partial charge in [-0.2, -0.15) is 0 Å². The molecule has 1 N–H and O–H groups in total. The summed E-state index contributed by atoms with van der Waals surface area (Å²) in [5.41, 5.74) is 0.858. The van der Waals surface area contributed by atoms with Gasteiger partial charge in [0.1, 0.15) is 5.82 Å². The Kier molecular flexibility index (Phi) is 6.15. The average molecular weight is 280 g/mol. The normalized spacial score (nSPS) is 10.4. The van der Waals surface area contributed by atoms with Crippen molar-refractivity contribution in [3.63, 3.8) is 0 Å². The Labute approximate surface area is 119 Å². The summed E-state index contributed by atoms with van der Waals surface area (Å²) in [6.07, 6.45) is 0. The van der Waals surface area contributed by atoms with E-state index in [1.165, 1.54) is 19.1 Å². The number of nitrogens with one attached hydrogen (secondary N) is 1. The number of carbonyl (C=O) groups is 2. The van der Waals surface area contributed by atoms with E-state index in [9.17, 15) is 14.0 Å². The molecule has 0 fully saturated rings. The number of nitrogens with zero attached hydrogens (tertiary/aromatic N) is 1. The number of hydrogen-bond acceptors (Lipinski definition) is 2. The van der Waals surface area contributed by atoms with Crippen LogP contribution >= 0.6 is 0 Å². The first-order valence-electron chi connectivity index (χ1n) is 6.68. The predicted octanol–water partition coefficient (Wildman–Crippen LogP) is 1.95. The SMILES string of the molecule is CC(=O)N(CCNC(=O)C(C)C)Cc1ccc(F)cc1. The molecule has 0 bridgehead atoms. The fraction of sp³-hybridized carbons (Fsp3) is 0.467. The van der Waals surface area contributed by atoms with Crippen molar-refractivity contribution >= 4 is 11.8 Å². The number of benzene rings is 1. The van der Waals surface area contributed by atoms with Crippen molar-refractivity contribution in [1.82, 2.24) is 10.2 Å². The molecular formula is C15H21FN2O2. The third kappa shape index (κ3) is 5.38. The largest absolute Gasteiger partial charge is 0.354 e. The highest BCUT2D eigenvalue weighted by Gasteiger charge is 2.11. The fourth-order valence-electron chi connectivity index (χ4n) is 1.68. The summed E-state index contributed by atoms with van der Waals surface area (Å²) < 4.78 is 12.8. The molecule has 1 rings (SSSR count). The first kappa shape index (κ1) is 16.1. The van der Waals surface area contributed by atoms with Gasteiger partial charge < -0.3 is 10.2 Å². The number of rotatable bonds is 6. The van der Waals surface area contributed by atoms with Crippen LogP contribution < -0.4 is 5.32 Å². The summed E-state index contributed by atoms with van der Waals surface area (Å²) in [6.45, 7) is 6.37. The molecular weight excluding hydrogens is 259 g/mol. The van der Waals surface area contributed by atoms with Crippen molar-refractivity contribution in [1.29, 1.82) is 0 Å². The van der Waals surface area contributed by atoms with Crippen LogP contribution in [0.4, 0.5) is 4.39 Å². The summed E-state index contributed by atoms with van der Waals surface area (Å²) in [5.74, 6) is -0.478. The highest BCUT2D eigenvalue weighted by atomic mass is 19.1. The third-order valence-electron chi connectivity index (χ3n) is 2.94. The van der Waals surface area contributed by atoms with Crippen molar-refractivity contribution in [3.05, 3.63) is 35.6 Å². The Morgan fingerprint density at radius 2 is 1.85 bits per heavy atom. The fourth-order valence-corrected chi connectivity index (χ4v) is 1.68. The second-order valence-electron chi connectivity index (χ2n) is 5.01. The van der Waals surface area contributed by atoms with Gasteiger partial charge in [-0.3, -0.25) is 9.59 Å². The highest BCUT2D eigenvalue weighted by Crippen LogP contribution is 2.06. The van der Waals surface area contributed by atoms with E-state index in [1.54, 1.807) is 17.0 Å². The van der Waals surface area contributed by atoms with Crippen LogP contribution in [0, 0.1) is 11.7 Å². The Bertz CT molecular complexity index is 457. The van der Waals surface area contributed by atoms with Gasteiger partial charge in [-0.25, -0.2) is 4.39 Å². The topological polar surface area (TPSA) is 49.4 Å². The van der Waals surface area contributed by atoms with E-state index in [2.05, 4.69) is 5.32 Å². The van der Waals surface area contributed by atoms with E-state index >= 15 is 0 Å². The Morgan fingerprint density at radius 3 is 2.35 bits per heavy atom. The molecule has 4 nitrogen and oxygen atoms in total. The minimum Gasteiger partial charge on any atom is -0.354 e. The van der Waals surface area contributed by atoms with Gasteiger partial charge in [0.2, 0.25) is 11.8 Å². The molecule has 0 aromatic heterocycles. The molecule has 0 radical (unpaired) electrons. The minimum absolute atomic E-state index is 0.0321. The predicted molar refractivity (Wildman–Crippen MR) is 75.3 cm³/mol. The lowest BCUT2D eigenvalue weighted by molar-refractivity contribution is -0.130. The number of hydrogen-bond donors (Lipinski definition) is 1. The van der Waals surface area contributed by atoms with Gasteiger partial charge in [-0.05, 0) is 17.7 Å². The first-order valence-corrected chi connectivity index (χ1v) is 6.68. The molecule has 0 atom stereocenters. The summed E-state index contributed by atoms with van der Waals surface area (Å²) in [5, 5.41) is 2.77. The monoisotopic (exact) mass is 280 g/mol. The quantitative estimate of drug-likeness (QED) is 0.866. The molecule has 1 aromatic carbocycles. The molecule has 0 aliphatic carbocycles. The first-order chi connectivity index (χ1) is 9.40. The molecule has 0 saturated heterocycles. The smallest absolute Gasteiger partial charge is 0.222 e. The van der Waals surface area contributed by atoms with E-state index in [-0.39, 0.29) is 23.5 Å². The maximum Gasteiger partial charge on any atom is 0.222 e. The van der Waals surface area contributed by atoms with Crippen molar-refractivity contribution < 1.29 is 14.0 Å². The summed E-state index contributed by atoms with van der Waals surface area (Å²) in [6, 6.07) is 6.04. The summed E-state index contributed by atoms with van der Waals surface area (Å²) in [4.78, 5) is 24.6. The van der Waals surface area contributed by atoms with Crippen LogP contribution in [-0.4, -0.2) is 29.8 Å². The van der Waals surface area contributed by atoms with Crippen LogP contribution in [0.2, 0.25) is 0 Å². The zero-order chi connectivity index (χ0) is 15.1. The van der Waals surface area contributed by atoms with Gasteiger partial charge in [0, 0.05) is 32.5 Å². The van der Waals surface area contributed by atoms with Crippen molar-refractivity contribution in [2.24, 2.45) is 5.92 Å². The lowest BCUT2D eigenvalue weighted by Gasteiger charge is -2.21. The molecule has 0 aliphatic heterocycles. The molecule has 0 saturated carbocycles. The molecule has 0 unspecified atom stereocenters. The molecule has 0 spiro atoms. The second-order valence-corrected chi connectivity index (χ2v) is 5.01. The standard InChI is InChI=1S/C15H21FN2O2/c1-11(2)15(20)17-8-9-18(12(3)19)10-13-4-6-14(16)7-5-13/h4-7,11H,8-10H2,1-3H3,(H,17,20). The molecule has 5 heteroatoms. The molecule has 2 amide bonds. The molecule has 0 aliphatic rings. The number of halogens is 1. The van der Waals surface area contributed by atoms with Gasteiger partial charge in [-0.15, -0.1) is 0 Å². The van der Waals surface area contributed by atoms with Gasteiger partial charge in [0.05, 0.1) is 0 Å². The zero-order valence-electron chi connectivity index (χ0n) is 12.1. The van der Waals surface area contributed by atoms with Crippen LogP contribution in [-0.2, 0) is 16.1 Å². The maximum atomic E-state index is 12.8. The van der Waals surface area contributed by atoms with Crippen molar-refractivity contribution in [2.45, 2.75) is 27.3 Å². The van der Waals surface area contributed by atoms with Gasteiger partial charge >= 0.3 is 0 Å². The number of amides is 2. The second kappa shape index (κ2) is 7.62. The van der Waals surface area contributed by atoms with Crippen molar-refractivity contribution in [2.75, 3.05) is 13.1 Å².